The number of hydrogen-bond donors (Lipinski definition) is 2. The van der Waals surface area contributed by atoms with E-state index in [1.807, 2.05) is 11.8 Å². The quantitative estimate of drug-likeness (QED) is 0.300. The number of rotatable bonds is 9. The van der Waals surface area contributed by atoms with Gasteiger partial charge < -0.3 is 15.3 Å². The van der Waals surface area contributed by atoms with Crippen molar-refractivity contribution in [1.82, 2.24) is 9.97 Å². The van der Waals surface area contributed by atoms with Gasteiger partial charge in [0.2, 0.25) is 0 Å². The van der Waals surface area contributed by atoms with Crippen LogP contribution >= 0.6 is 11.8 Å². The van der Waals surface area contributed by atoms with Crippen molar-refractivity contribution < 1.29 is 22.7 Å². The van der Waals surface area contributed by atoms with Crippen molar-refractivity contribution in [3.63, 3.8) is 0 Å². The Morgan fingerprint density at radius 2 is 1.88 bits per heavy atom. The first kappa shape index (κ1) is 24.5. The molecule has 2 N–H and O–H groups in total. The molecule has 1 aromatic carbocycles. The predicted octanol–water partition coefficient (Wildman–Crippen LogP) is 5.80. The smallest absolute Gasteiger partial charge is 0.395 e. The lowest BCUT2D eigenvalue weighted by Gasteiger charge is -2.24. The number of aliphatic hydroxyl groups is 1. The number of nitrogens with zero attached hydrogens (tertiary/aromatic N) is 3. The van der Waals surface area contributed by atoms with Gasteiger partial charge in [-0.2, -0.15) is 13.2 Å². The van der Waals surface area contributed by atoms with Gasteiger partial charge in [0.05, 0.1) is 12.8 Å². The Kier molecular flexibility index (Phi) is 7.93. The Morgan fingerprint density at radius 1 is 1.15 bits per heavy atom. The number of anilines is 2. The van der Waals surface area contributed by atoms with Crippen LogP contribution in [-0.2, 0) is 0 Å². The first-order valence-corrected chi connectivity index (χ1v) is 10.8. The van der Waals surface area contributed by atoms with Crippen LogP contribution in [0.1, 0.15) is 12.5 Å². The second kappa shape index (κ2) is 10.7. The number of likely N-dealkylation sites (N-methyl/N-ethyl adjacent to an activating group) is 1. The zero-order valence-electron chi connectivity index (χ0n) is 17.7. The lowest BCUT2D eigenvalue weighted by atomic mass is 10.0. The molecule has 0 saturated carbocycles. The fraction of sp³-hybridized carbons (Fsp3) is 0.217. The van der Waals surface area contributed by atoms with Crippen LogP contribution in [0, 0.1) is 5.82 Å². The molecule has 2 aromatic heterocycles. The standard InChI is InChI=1S/C23H22F4N4OS/c1-3-31(8-9-32)22-21(17-10-18(24)14-28-12-17)11-16(13-29-22)15(2)30-19-4-6-20(7-5-19)33-23(25,26)27/h4-7,10-14,30,32H,2-3,8-9H2,1H3. The summed E-state index contributed by atoms with van der Waals surface area (Å²) in [5.74, 6) is 0.0619. The van der Waals surface area contributed by atoms with Crippen molar-refractivity contribution >= 4 is 29.0 Å². The highest BCUT2D eigenvalue weighted by molar-refractivity contribution is 8.00. The van der Waals surface area contributed by atoms with E-state index in [2.05, 4.69) is 21.9 Å². The van der Waals surface area contributed by atoms with Gasteiger partial charge in [0.1, 0.15) is 11.6 Å². The minimum absolute atomic E-state index is 0.0744. The summed E-state index contributed by atoms with van der Waals surface area (Å²) >= 11 is -0.183. The minimum Gasteiger partial charge on any atom is -0.395 e. The molecule has 5 nitrogen and oxygen atoms in total. The van der Waals surface area contributed by atoms with Crippen molar-refractivity contribution in [2.45, 2.75) is 17.3 Å². The fourth-order valence-electron chi connectivity index (χ4n) is 3.17. The second-order valence-electron chi connectivity index (χ2n) is 6.97. The molecule has 0 radical (unpaired) electrons. The summed E-state index contributed by atoms with van der Waals surface area (Å²) in [6.07, 6.45) is 4.22. The number of aromatic nitrogens is 2. The lowest BCUT2D eigenvalue weighted by Crippen LogP contribution is -2.27. The Labute approximate surface area is 193 Å². The van der Waals surface area contributed by atoms with Crippen LogP contribution in [0.25, 0.3) is 16.8 Å². The highest BCUT2D eigenvalue weighted by Gasteiger charge is 2.29. The van der Waals surface area contributed by atoms with Gasteiger partial charge in [-0.1, -0.05) is 6.58 Å². The largest absolute Gasteiger partial charge is 0.446 e. The van der Waals surface area contributed by atoms with Crippen molar-refractivity contribution in [2.75, 3.05) is 29.9 Å². The van der Waals surface area contributed by atoms with Crippen LogP contribution < -0.4 is 10.2 Å². The maximum atomic E-state index is 13.9. The van der Waals surface area contributed by atoms with Crippen LogP contribution in [0.4, 0.5) is 29.1 Å². The van der Waals surface area contributed by atoms with E-state index in [0.717, 1.165) is 6.20 Å². The summed E-state index contributed by atoms with van der Waals surface area (Å²) in [7, 11) is 0. The number of alkyl halides is 3. The van der Waals surface area contributed by atoms with Gasteiger partial charge in [0, 0.05) is 58.5 Å². The first-order valence-electron chi connectivity index (χ1n) is 9.99. The third-order valence-electron chi connectivity index (χ3n) is 4.67. The van der Waals surface area contributed by atoms with Crippen molar-refractivity contribution in [2.24, 2.45) is 0 Å². The monoisotopic (exact) mass is 478 g/mol. The summed E-state index contributed by atoms with van der Waals surface area (Å²) in [4.78, 5) is 10.4. The summed E-state index contributed by atoms with van der Waals surface area (Å²) in [5.41, 5.74) is -1.61. The third kappa shape index (κ3) is 6.69. The molecule has 3 rings (SSSR count). The molecule has 10 heteroatoms. The van der Waals surface area contributed by atoms with Crippen LogP contribution in [-0.4, -0.2) is 40.3 Å². The molecule has 0 unspecified atom stereocenters. The van der Waals surface area contributed by atoms with Gasteiger partial charge in [-0.15, -0.1) is 0 Å². The summed E-state index contributed by atoms with van der Waals surface area (Å²) in [6.45, 7) is 6.77. The van der Waals surface area contributed by atoms with Crippen molar-refractivity contribution in [3.05, 3.63) is 72.9 Å². The molecule has 0 spiro atoms. The third-order valence-corrected chi connectivity index (χ3v) is 5.40. The number of halogens is 4. The normalized spacial score (nSPS) is 11.3. The minimum atomic E-state index is -4.35. The molecule has 0 atom stereocenters. The molecule has 0 amide bonds. The Morgan fingerprint density at radius 3 is 2.48 bits per heavy atom. The zero-order chi connectivity index (χ0) is 24.0. The highest BCUT2D eigenvalue weighted by Crippen LogP contribution is 2.37. The summed E-state index contributed by atoms with van der Waals surface area (Å²) < 4.78 is 51.4. The Bertz CT molecular complexity index is 1110. The number of nitrogens with one attached hydrogen (secondary N) is 1. The molecule has 0 aliphatic rings. The Balaban J connectivity index is 1.90. The van der Waals surface area contributed by atoms with Gasteiger partial charge >= 0.3 is 5.51 Å². The van der Waals surface area contributed by atoms with E-state index in [1.54, 1.807) is 12.3 Å². The molecule has 3 aromatic rings. The van der Waals surface area contributed by atoms with Crippen molar-refractivity contribution in [3.8, 4) is 11.1 Å². The molecule has 33 heavy (non-hydrogen) atoms. The molecule has 174 valence electrons. The van der Waals surface area contributed by atoms with E-state index in [0.29, 0.717) is 47.0 Å². The van der Waals surface area contributed by atoms with Gasteiger partial charge in [-0.05, 0) is 55.1 Å². The maximum Gasteiger partial charge on any atom is 0.446 e. The molecule has 0 bridgehead atoms. The van der Waals surface area contributed by atoms with Crippen LogP contribution in [0.5, 0.6) is 0 Å². The number of benzene rings is 1. The predicted molar refractivity (Wildman–Crippen MR) is 123 cm³/mol. The van der Waals surface area contributed by atoms with Gasteiger partial charge in [0.25, 0.3) is 0 Å². The van der Waals surface area contributed by atoms with Gasteiger partial charge in [-0.3, -0.25) is 4.98 Å². The number of thioether (sulfide) groups is 1. The van der Waals surface area contributed by atoms with E-state index in [1.165, 1.54) is 36.5 Å². The molecule has 0 saturated heterocycles. The second-order valence-corrected chi connectivity index (χ2v) is 8.10. The number of hydrogen-bond acceptors (Lipinski definition) is 6. The maximum absolute atomic E-state index is 13.9. The highest BCUT2D eigenvalue weighted by atomic mass is 32.2. The van der Waals surface area contributed by atoms with Gasteiger partial charge in [-0.25, -0.2) is 9.37 Å². The Hall–Kier alpha value is -3.11. The first-order chi connectivity index (χ1) is 15.7. The van der Waals surface area contributed by atoms with E-state index < -0.39 is 11.3 Å². The summed E-state index contributed by atoms with van der Waals surface area (Å²) in [5, 5.41) is 12.5. The fourth-order valence-corrected chi connectivity index (χ4v) is 3.71. The van der Waals surface area contributed by atoms with Crippen molar-refractivity contribution in [1.29, 1.82) is 0 Å². The molecular weight excluding hydrogens is 456 g/mol. The van der Waals surface area contributed by atoms with E-state index >= 15 is 0 Å². The zero-order valence-corrected chi connectivity index (χ0v) is 18.6. The number of pyridine rings is 2. The average Bonchev–Trinajstić information content (AvgIpc) is 2.77. The van der Waals surface area contributed by atoms with Crippen LogP contribution in [0.3, 0.4) is 0 Å². The van der Waals surface area contributed by atoms with E-state index in [-0.39, 0.29) is 23.3 Å². The average molecular weight is 479 g/mol. The van der Waals surface area contributed by atoms with Crippen LogP contribution in [0.2, 0.25) is 0 Å². The molecule has 0 aliphatic carbocycles. The van der Waals surface area contributed by atoms with Gasteiger partial charge in [0.15, 0.2) is 0 Å². The molecule has 0 fully saturated rings. The lowest BCUT2D eigenvalue weighted by molar-refractivity contribution is -0.0328. The topological polar surface area (TPSA) is 61.3 Å². The SMILES string of the molecule is C=C(Nc1ccc(SC(F)(F)F)cc1)c1cnc(N(CC)CCO)c(-c2cncc(F)c2)c1. The molecule has 2 heterocycles. The van der Waals surface area contributed by atoms with Crippen LogP contribution in [0.15, 0.2) is 66.5 Å². The molecular formula is C23H22F4N4OS. The van der Waals surface area contributed by atoms with E-state index in [4.69, 9.17) is 0 Å². The summed E-state index contributed by atoms with van der Waals surface area (Å²) in [6, 6.07) is 8.91. The number of aliphatic hydroxyl groups excluding tert-OH is 1. The van der Waals surface area contributed by atoms with E-state index in [9.17, 15) is 22.7 Å². The molecule has 0 aliphatic heterocycles.